The Morgan fingerprint density at radius 2 is 1.82 bits per heavy atom. The Morgan fingerprint density at radius 3 is 2.50 bits per heavy atom. The van der Waals surface area contributed by atoms with Crippen LogP contribution in [0.1, 0.15) is 17.5 Å². The highest BCUT2D eigenvalue weighted by Crippen LogP contribution is 2.27. The number of halogens is 1. The molecule has 0 spiro atoms. The first-order valence-corrected chi connectivity index (χ1v) is 10.9. The summed E-state index contributed by atoms with van der Waals surface area (Å²) in [6.07, 6.45) is 0.945. The largest absolute Gasteiger partial charge is 0.507 e. The highest BCUT2D eigenvalue weighted by molar-refractivity contribution is 7.89. The van der Waals surface area contributed by atoms with Crippen LogP contribution < -0.4 is 0 Å². The molecule has 1 aliphatic rings. The first-order valence-electron chi connectivity index (χ1n) is 9.09. The molecule has 1 amide bonds. The number of aryl methyl sites for hydroxylation is 2. The lowest BCUT2D eigenvalue weighted by atomic mass is 10.1. The van der Waals surface area contributed by atoms with E-state index in [1.807, 2.05) is 18.2 Å². The second-order valence-corrected chi connectivity index (χ2v) is 9.23. The number of amides is 1. The van der Waals surface area contributed by atoms with Gasteiger partial charge in [-0.15, -0.1) is 0 Å². The van der Waals surface area contributed by atoms with Crippen LogP contribution in [-0.2, 0) is 21.2 Å². The van der Waals surface area contributed by atoms with E-state index in [-0.39, 0.29) is 29.6 Å². The van der Waals surface area contributed by atoms with Crippen LogP contribution in [0.5, 0.6) is 5.75 Å². The van der Waals surface area contributed by atoms with Gasteiger partial charge in [0.2, 0.25) is 15.9 Å². The molecule has 8 heteroatoms. The van der Waals surface area contributed by atoms with Gasteiger partial charge in [-0.1, -0.05) is 29.8 Å². The number of piperazine rings is 1. The van der Waals surface area contributed by atoms with E-state index in [0.717, 1.165) is 11.1 Å². The Labute approximate surface area is 170 Å². The molecule has 0 radical (unpaired) electrons. The summed E-state index contributed by atoms with van der Waals surface area (Å²) in [6.45, 7) is 2.85. The summed E-state index contributed by atoms with van der Waals surface area (Å²) >= 11 is 5.96. The number of carbonyl (C=O) groups is 1. The molecule has 0 saturated carbocycles. The standard InChI is InChI=1S/C20H23ClN2O4S/c1-15-5-7-18(24)19(13-15)28(26,27)23-11-9-22(10-12-23)20(25)8-6-16-3-2-4-17(21)14-16/h2-5,7,13-14,24H,6,8-12H2,1H3. The molecule has 1 fully saturated rings. The van der Waals surface area contributed by atoms with Gasteiger partial charge in [0, 0.05) is 37.6 Å². The molecule has 1 N–H and O–H groups in total. The van der Waals surface area contributed by atoms with Crippen LogP contribution in [0, 0.1) is 6.92 Å². The first-order chi connectivity index (χ1) is 13.3. The fourth-order valence-corrected chi connectivity index (χ4v) is 5.05. The highest BCUT2D eigenvalue weighted by Gasteiger charge is 2.31. The van der Waals surface area contributed by atoms with Gasteiger partial charge in [-0.25, -0.2) is 8.42 Å². The van der Waals surface area contributed by atoms with Crippen LogP contribution in [0.25, 0.3) is 0 Å². The number of aromatic hydroxyl groups is 1. The van der Waals surface area contributed by atoms with Crippen LogP contribution in [0.3, 0.4) is 0 Å². The van der Waals surface area contributed by atoms with E-state index in [0.29, 0.717) is 31.0 Å². The molecular formula is C20H23ClN2O4S. The highest BCUT2D eigenvalue weighted by atomic mass is 35.5. The van der Waals surface area contributed by atoms with Crippen molar-refractivity contribution in [3.63, 3.8) is 0 Å². The number of phenolic OH excluding ortho intramolecular Hbond substituents is 1. The van der Waals surface area contributed by atoms with E-state index in [1.54, 1.807) is 24.0 Å². The lowest BCUT2D eigenvalue weighted by Crippen LogP contribution is -2.50. The minimum Gasteiger partial charge on any atom is -0.507 e. The maximum atomic E-state index is 12.8. The smallest absolute Gasteiger partial charge is 0.246 e. The fourth-order valence-electron chi connectivity index (χ4n) is 3.25. The number of sulfonamides is 1. The summed E-state index contributed by atoms with van der Waals surface area (Å²) in [5.41, 5.74) is 1.75. The minimum atomic E-state index is -3.79. The number of nitrogens with zero attached hydrogens (tertiary/aromatic N) is 2. The quantitative estimate of drug-likeness (QED) is 0.803. The van der Waals surface area contributed by atoms with E-state index in [9.17, 15) is 18.3 Å². The summed E-state index contributed by atoms with van der Waals surface area (Å²) < 4.78 is 27.0. The van der Waals surface area contributed by atoms with Crippen LogP contribution in [0.4, 0.5) is 0 Å². The van der Waals surface area contributed by atoms with Crippen molar-refractivity contribution in [1.29, 1.82) is 0 Å². The second-order valence-electron chi connectivity index (χ2n) is 6.89. The molecule has 2 aromatic carbocycles. The summed E-state index contributed by atoms with van der Waals surface area (Å²) in [4.78, 5) is 14.1. The van der Waals surface area contributed by atoms with Gasteiger partial charge in [0.1, 0.15) is 10.6 Å². The van der Waals surface area contributed by atoms with Gasteiger partial charge in [-0.3, -0.25) is 4.79 Å². The van der Waals surface area contributed by atoms with Crippen LogP contribution in [0.2, 0.25) is 5.02 Å². The van der Waals surface area contributed by atoms with Crippen LogP contribution in [-0.4, -0.2) is 54.8 Å². The second kappa shape index (κ2) is 8.51. The van der Waals surface area contributed by atoms with E-state index >= 15 is 0 Å². The average molecular weight is 423 g/mol. The molecule has 150 valence electrons. The lowest BCUT2D eigenvalue weighted by molar-refractivity contribution is -0.132. The molecule has 0 bridgehead atoms. The average Bonchev–Trinajstić information content (AvgIpc) is 2.68. The molecule has 3 rings (SSSR count). The Morgan fingerprint density at radius 1 is 1.11 bits per heavy atom. The minimum absolute atomic E-state index is 0.00423. The van der Waals surface area contributed by atoms with Gasteiger partial charge in [0.15, 0.2) is 0 Å². The van der Waals surface area contributed by atoms with Crippen molar-refractivity contribution in [3.8, 4) is 5.75 Å². The van der Waals surface area contributed by atoms with Crippen molar-refractivity contribution in [2.75, 3.05) is 26.2 Å². The van der Waals surface area contributed by atoms with Gasteiger partial charge >= 0.3 is 0 Å². The van der Waals surface area contributed by atoms with Crippen molar-refractivity contribution < 1.29 is 18.3 Å². The number of phenols is 1. The van der Waals surface area contributed by atoms with Crippen molar-refractivity contribution in [2.24, 2.45) is 0 Å². The third-order valence-corrected chi connectivity index (χ3v) is 7.00. The van der Waals surface area contributed by atoms with E-state index in [2.05, 4.69) is 0 Å². The molecule has 6 nitrogen and oxygen atoms in total. The number of hydrogen-bond donors (Lipinski definition) is 1. The lowest BCUT2D eigenvalue weighted by Gasteiger charge is -2.34. The van der Waals surface area contributed by atoms with Crippen LogP contribution in [0.15, 0.2) is 47.4 Å². The predicted octanol–water partition coefficient (Wildman–Crippen LogP) is 2.82. The van der Waals surface area contributed by atoms with E-state index < -0.39 is 10.0 Å². The third-order valence-electron chi connectivity index (χ3n) is 4.84. The molecular weight excluding hydrogens is 400 g/mol. The van der Waals surface area contributed by atoms with Crippen molar-refractivity contribution in [2.45, 2.75) is 24.7 Å². The zero-order valence-corrected chi connectivity index (χ0v) is 17.2. The molecule has 1 aliphatic heterocycles. The third kappa shape index (κ3) is 4.66. The molecule has 28 heavy (non-hydrogen) atoms. The van der Waals surface area contributed by atoms with Gasteiger partial charge in [0.25, 0.3) is 0 Å². The van der Waals surface area contributed by atoms with Crippen molar-refractivity contribution >= 4 is 27.5 Å². The zero-order valence-electron chi connectivity index (χ0n) is 15.6. The molecule has 0 aliphatic carbocycles. The maximum absolute atomic E-state index is 12.8. The van der Waals surface area contributed by atoms with Gasteiger partial charge < -0.3 is 10.0 Å². The molecule has 0 aromatic heterocycles. The summed E-state index contributed by atoms with van der Waals surface area (Å²) in [7, 11) is -3.79. The normalized spacial score (nSPS) is 15.6. The maximum Gasteiger partial charge on any atom is 0.246 e. The Hall–Kier alpha value is -2.09. The molecule has 0 unspecified atom stereocenters. The van der Waals surface area contributed by atoms with E-state index in [4.69, 9.17) is 11.6 Å². The van der Waals surface area contributed by atoms with E-state index in [1.165, 1.54) is 16.4 Å². The Balaban J connectivity index is 1.59. The monoisotopic (exact) mass is 422 g/mol. The number of benzene rings is 2. The SMILES string of the molecule is Cc1ccc(O)c(S(=O)(=O)N2CCN(C(=O)CCc3cccc(Cl)c3)CC2)c1. The number of rotatable bonds is 5. The van der Waals surface area contributed by atoms with Crippen LogP contribution >= 0.6 is 11.6 Å². The predicted molar refractivity (Wildman–Crippen MR) is 108 cm³/mol. The summed E-state index contributed by atoms with van der Waals surface area (Å²) in [6, 6.07) is 11.9. The van der Waals surface area contributed by atoms with Gasteiger partial charge in [0.05, 0.1) is 0 Å². The molecule has 1 saturated heterocycles. The Kier molecular flexibility index (Phi) is 6.27. The van der Waals surface area contributed by atoms with Gasteiger partial charge in [-0.05, 0) is 48.7 Å². The topological polar surface area (TPSA) is 77.9 Å². The van der Waals surface area contributed by atoms with Gasteiger partial charge in [-0.2, -0.15) is 4.31 Å². The molecule has 2 aromatic rings. The molecule has 1 heterocycles. The first kappa shape index (κ1) is 20.6. The van der Waals surface area contributed by atoms with Crippen molar-refractivity contribution in [1.82, 2.24) is 9.21 Å². The Bertz CT molecular complexity index is 970. The van der Waals surface area contributed by atoms with Crippen molar-refractivity contribution in [3.05, 3.63) is 58.6 Å². The fraction of sp³-hybridized carbons (Fsp3) is 0.350. The summed E-state index contributed by atoms with van der Waals surface area (Å²) in [5, 5.41) is 10.6. The number of carbonyl (C=O) groups excluding carboxylic acids is 1. The molecule has 0 atom stereocenters. The zero-order chi connectivity index (χ0) is 20.3. The summed E-state index contributed by atoms with van der Waals surface area (Å²) in [5.74, 6) is -0.263. The number of hydrogen-bond acceptors (Lipinski definition) is 4.